The lowest BCUT2D eigenvalue weighted by atomic mass is 10.0. The third-order valence-electron chi connectivity index (χ3n) is 5.01. The second-order valence-corrected chi connectivity index (χ2v) is 6.35. The van der Waals surface area contributed by atoms with Crippen LogP contribution < -0.4 is 9.64 Å². The molecule has 23 heavy (non-hydrogen) atoms. The number of nitrogens with zero attached hydrogens (tertiary/aromatic N) is 2. The number of benzene rings is 2. The average molecular weight is 312 g/mol. The van der Waals surface area contributed by atoms with Crippen molar-refractivity contribution in [2.24, 2.45) is 0 Å². The molecule has 0 amide bonds. The summed E-state index contributed by atoms with van der Waals surface area (Å²) >= 11 is 0. The maximum Gasteiger partial charge on any atom is 0.142 e. The van der Waals surface area contributed by atoms with Crippen LogP contribution in [0.2, 0.25) is 0 Å². The molecule has 0 bridgehead atoms. The van der Waals surface area contributed by atoms with Crippen molar-refractivity contribution < 1.29 is 9.13 Å². The summed E-state index contributed by atoms with van der Waals surface area (Å²) in [5.41, 5.74) is 2.23. The van der Waals surface area contributed by atoms with Crippen molar-refractivity contribution in [1.29, 1.82) is 0 Å². The molecule has 120 valence electrons. The molecule has 2 aliphatic heterocycles. The summed E-state index contributed by atoms with van der Waals surface area (Å²) in [6.07, 6.45) is 0. The van der Waals surface area contributed by atoms with E-state index in [1.54, 1.807) is 12.1 Å². The topological polar surface area (TPSA) is 15.7 Å². The van der Waals surface area contributed by atoms with E-state index in [1.807, 2.05) is 0 Å². The summed E-state index contributed by atoms with van der Waals surface area (Å²) in [5.74, 6) is 0.597. The van der Waals surface area contributed by atoms with Gasteiger partial charge in [0, 0.05) is 31.7 Å². The fourth-order valence-corrected chi connectivity index (χ4v) is 3.66. The van der Waals surface area contributed by atoms with Gasteiger partial charge in [0.25, 0.3) is 0 Å². The number of ether oxygens (including phenoxy) is 1. The van der Waals surface area contributed by atoms with E-state index in [1.165, 1.54) is 11.6 Å². The zero-order valence-electron chi connectivity index (χ0n) is 13.3. The Kier molecular flexibility index (Phi) is 3.69. The van der Waals surface area contributed by atoms with Crippen LogP contribution in [0.3, 0.4) is 0 Å². The molecule has 0 aliphatic carbocycles. The molecular weight excluding hydrogens is 291 g/mol. The zero-order valence-corrected chi connectivity index (χ0v) is 13.3. The standard InChI is InChI=1S/C19H21FN2O/c1-14(15-5-3-2-4-6-15)21-9-10-22-17(12-21)13-23-19-8-7-16(20)11-18(19)22/h2-8,11,14,17H,9-10,12-13H2,1H3/t14-,17?/m0/s1. The van der Waals surface area contributed by atoms with E-state index in [0.717, 1.165) is 31.1 Å². The Morgan fingerprint density at radius 3 is 2.78 bits per heavy atom. The minimum atomic E-state index is -0.201. The molecule has 2 aromatic carbocycles. The number of hydrogen-bond acceptors (Lipinski definition) is 3. The van der Waals surface area contributed by atoms with Gasteiger partial charge >= 0.3 is 0 Å². The third-order valence-corrected chi connectivity index (χ3v) is 5.01. The Hall–Kier alpha value is -2.07. The van der Waals surface area contributed by atoms with Crippen LogP contribution in [0.5, 0.6) is 5.75 Å². The first-order chi connectivity index (χ1) is 11.2. The van der Waals surface area contributed by atoms with Gasteiger partial charge in [-0.2, -0.15) is 0 Å². The summed E-state index contributed by atoms with van der Waals surface area (Å²) in [5, 5.41) is 0. The monoisotopic (exact) mass is 312 g/mol. The van der Waals surface area contributed by atoms with Gasteiger partial charge in [0.15, 0.2) is 0 Å². The van der Waals surface area contributed by atoms with Crippen LogP contribution >= 0.6 is 0 Å². The SMILES string of the molecule is C[C@@H](c1ccccc1)N1CCN2c3cc(F)ccc3OCC2C1. The molecule has 0 saturated carbocycles. The molecule has 4 heteroatoms. The normalized spacial score (nSPS) is 22.0. The van der Waals surface area contributed by atoms with Crippen molar-refractivity contribution in [2.75, 3.05) is 31.1 Å². The predicted molar refractivity (Wildman–Crippen MR) is 89.5 cm³/mol. The highest BCUT2D eigenvalue weighted by Gasteiger charge is 2.34. The van der Waals surface area contributed by atoms with Gasteiger partial charge in [-0.25, -0.2) is 4.39 Å². The molecule has 1 fully saturated rings. The molecule has 0 radical (unpaired) electrons. The minimum Gasteiger partial charge on any atom is -0.489 e. The first-order valence-electron chi connectivity index (χ1n) is 8.20. The molecule has 0 spiro atoms. The highest BCUT2D eigenvalue weighted by molar-refractivity contribution is 5.61. The number of hydrogen-bond donors (Lipinski definition) is 0. The van der Waals surface area contributed by atoms with Gasteiger partial charge in [0.1, 0.15) is 18.2 Å². The largest absolute Gasteiger partial charge is 0.489 e. The van der Waals surface area contributed by atoms with E-state index in [4.69, 9.17) is 4.74 Å². The molecule has 1 saturated heterocycles. The van der Waals surface area contributed by atoms with Gasteiger partial charge in [-0.1, -0.05) is 30.3 Å². The van der Waals surface area contributed by atoms with Crippen LogP contribution in [0, 0.1) is 5.82 Å². The lowest BCUT2D eigenvalue weighted by Crippen LogP contribution is -2.57. The van der Waals surface area contributed by atoms with E-state index in [9.17, 15) is 4.39 Å². The Morgan fingerprint density at radius 2 is 1.96 bits per heavy atom. The van der Waals surface area contributed by atoms with E-state index in [2.05, 4.69) is 47.1 Å². The smallest absolute Gasteiger partial charge is 0.142 e. The Labute approximate surface area is 136 Å². The van der Waals surface area contributed by atoms with Gasteiger partial charge < -0.3 is 9.64 Å². The van der Waals surface area contributed by atoms with E-state index in [-0.39, 0.29) is 11.9 Å². The first-order valence-corrected chi connectivity index (χ1v) is 8.20. The Morgan fingerprint density at radius 1 is 1.13 bits per heavy atom. The van der Waals surface area contributed by atoms with Crippen LogP contribution in [-0.4, -0.2) is 37.2 Å². The third kappa shape index (κ3) is 2.68. The van der Waals surface area contributed by atoms with Gasteiger partial charge in [0.05, 0.1) is 11.7 Å². The summed E-state index contributed by atoms with van der Waals surface area (Å²) in [6.45, 7) is 5.73. The number of fused-ring (bicyclic) bond motifs is 3. The molecule has 1 unspecified atom stereocenters. The number of halogens is 1. The molecule has 2 aromatic rings. The van der Waals surface area contributed by atoms with Crippen molar-refractivity contribution in [3.8, 4) is 5.75 Å². The summed E-state index contributed by atoms with van der Waals surface area (Å²) < 4.78 is 19.4. The van der Waals surface area contributed by atoms with Crippen LogP contribution in [0.15, 0.2) is 48.5 Å². The van der Waals surface area contributed by atoms with E-state index < -0.39 is 0 Å². The van der Waals surface area contributed by atoms with Crippen LogP contribution in [0.1, 0.15) is 18.5 Å². The maximum absolute atomic E-state index is 13.6. The summed E-state index contributed by atoms with van der Waals surface area (Å²) in [4.78, 5) is 4.79. The van der Waals surface area contributed by atoms with E-state index in [0.29, 0.717) is 12.6 Å². The minimum absolute atomic E-state index is 0.201. The predicted octanol–water partition coefficient (Wildman–Crippen LogP) is 3.47. The van der Waals surface area contributed by atoms with E-state index >= 15 is 0 Å². The van der Waals surface area contributed by atoms with Crippen molar-refractivity contribution in [3.05, 3.63) is 59.9 Å². The fraction of sp³-hybridized carbons (Fsp3) is 0.368. The summed E-state index contributed by atoms with van der Waals surface area (Å²) in [7, 11) is 0. The van der Waals surface area contributed by atoms with Gasteiger partial charge in [-0.15, -0.1) is 0 Å². The zero-order chi connectivity index (χ0) is 15.8. The second kappa shape index (κ2) is 5.85. The van der Waals surface area contributed by atoms with Crippen molar-refractivity contribution in [1.82, 2.24) is 4.90 Å². The molecule has 0 N–H and O–H groups in total. The first kappa shape index (κ1) is 14.5. The van der Waals surface area contributed by atoms with Crippen molar-refractivity contribution >= 4 is 5.69 Å². The quantitative estimate of drug-likeness (QED) is 0.844. The Bertz CT molecular complexity index is 691. The molecule has 2 aliphatic rings. The molecule has 4 rings (SSSR count). The fourth-order valence-electron chi connectivity index (χ4n) is 3.66. The van der Waals surface area contributed by atoms with Crippen molar-refractivity contribution in [3.63, 3.8) is 0 Å². The lowest BCUT2D eigenvalue weighted by Gasteiger charge is -2.47. The number of piperazine rings is 1. The van der Waals surface area contributed by atoms with Gasteiger partial charge in [-0.3, -0.25) is 4.90 Å². The molecule has 2 atom stereocenters. The average Bonchev–Trinajstić information content (AvgIpc) is 2.61. The van der Waals surface area contributed by atoms with Crippen molar-refractivity contribution in [2.45, 2.75) is 19.0 Å². The number of anilines is 1. The molecule has 0 aromatic heterocycles. The molecule has 3 nitrogen and oxygen atoms in total. The lowest BCUT2D eigenvalue weighted by molar-refractivity contribution is 0.135. The van der Waals surface area contributed by atoms with Crippen LogP contribution in [0.4, 0.5) is 10.1 Å². The summed E-state index contributed by atoms with van der Waals surface area (Å²) in [6, 6.07) is 16.0. The second-order valence-electron chi connectivity index (χ2n) is 6.35. The molecule has 2 heterocycles. The van der Waals surface area contributed by atoms with Crippen LogP contribution in [-0.2, 0) is 0 Å². The van der Waals surface area contributed by atoms with Gasteiger partial charge in [-0.05, 0) is 24.6 Å². The highest BCUT2D eigenvalue weighted by atomic mass is 19.1. The van der Waals surface area contributed by atoms with Gasteiger partial charge in [0.2, 0.25) is 0 Å². The molecular formula is C19H21FN2O. The maximum atomic E-state index is 13.6. The Balaban J connectivity index is 1.53. The highest BCUT2D eigenvalue weighted by Crippen LogP contribution is 2.36. The van der Waals surface area contributed by atoms with Crippen LogP contribution in [0.25, 0.3) is 0 Å². The number of rotatable bonds is 2.